The lowest BCUT2D eigenvalue weighted by Gasteiger charge is -2.06. The van der Waals surface area contributed by atoms with Crippen molar-refractivity contribution in [3.8, 4) is 5.75 Å². The van der Waals surface area contributed by atoms with Crippen molar-refractivity contribution in [3.63, 3.8) is 0 Å². The van der Waals surface area contributed by atoms with E-state index in [0.29, 0.717) is 15.8 Å². The van der Waals surface area contributed by atoms with Gasteiger partial charge in [0.05, 0.1) is 16.6 Å². The molecule has 0 bridgehead atoms. The van der Waals surface area contributed by atoms with E-state index in [-0.39, 0.29) is 5.91 Å². The molecule has 1 saturated heterocycles. The largest absolute Gasteiger partial charge is 0.546 e. The molecule has 2 aromatic carbocycles. The minimum Gasteiger partial charge on any atom is -0.546 e. The summed E-state index contributed by atoms with van der Waals surface area (Å²) in [6.07, 6.45) is 1.74. The van der Waals surface area contributed by atoms with Crippen LogP contribution in [0.1, 0.15) is 16.7 Å². The van der Waals surface area contributed by atoms with E-state index in [0.717, 1.165) is 22.4 Å². The molecule has 1 aliphatic rings. The van der Waals surface area contributed by atoms with Crippen molar-refractivity contribution >= 4 is 40.6 Å². The summed E-state index contributed by atoms with van der Waals surface area (Å²) in [5.74, 6) is -1.07. The van der Waals surface area contributed by atoms with Crippen molar-refractivity contribution in [2.24, 2.45) is 4.99 Å². The van der Waals surface area contributed by atoms with Gasteiger partial charge in [-0.05, 0) is 61.0 Å². The van der Waals surface area contributed by atoms with E-state index in [1.165, 1.54) is 11.8 Å². The first kappa shape index (κ1) is 18.7. The molecule has 27 heavy (non-hydrogen) atoms. The number of aliphatic carboxylic acids is 1. The normalized spacial score (nSPS) is 16.6. The van der Waals surface area contributed by atoms with Crippen LogP contribution in [0.3, 0.4) is 0 Å². The molecular weight excluding hydrogens is 364 g/mol. The summed E-state index contributed by atoms with van der Waals surface area (Å²) < 4.78 is 5.03. The zero-order chi connectivity index (χ0) is 19.4. The van der Waals surface area contributed by atoms with E-state index in [2.05, 4.69) is 10.3 Å². The predicted octanol–water partition coefficient (Wildman–Crippen LogP) is 2.32. The molecule has 7 heteroatoms. The highest BCUT2D eigenvalue weighted by molar-refractivity contribution is 8.18. The number of carbonyl (C=O) groups excluding carboxylic acids is 2. The van der Waals surface area contributed by atoms with Crippen LogP contribution >= 0.6 is 11.8 Å². The molecule has 0 saturated carbocycles. The Bertz CT molecular complexity index is 949. The van der Waals surface area contributed by atoms with Gasteiger partial charge in [-0.15, -0.1) is 0 Å². The molecule has 2 aromatic rings. The number of hydrogen-bond donors (Lipinski definition) is 1. The first-order valence-corrected chi connectivity index (χ1v) is 9.02. The molecule has 0 aliphatic carbocycles. The van der Waals surface area contributed by atoms with Crippen LogP contribution in [0.2, 0.25) is 0 Å². The maximum absolute atomic E-state index is 12.2. The third-order valence-electron chi connectivity index (χ3n) is 3.76. The van der Waals surface area contributed by atoms with Crippen LogP contribution in [0.25, 0.3) is 6.08 Å². The van der Waals surface area contributed by atoms with Crippen molar-refractivity contribution in [2.45, 2.75) is 13.8 Å². The number of carbonyl (C=O) groups is 2. The van der Waals surface area contributed by atoms with Gasteiger partial charge in [0.25, 0.3) is 5.91 Å². The van der Waals surface area contributed by atoms with Gasteiger partial charge in [-0.2, -0.15) is 0 Å². The van der Waals surface area contributed by atoms with E-state index < -0.39 is 12.6 Å². The summed E-state index contributed by atoms with van der Waals surface area (Å²) in [6, 6.07) is 12.7. The molecule has 0 radical (unpaired) electrons. The van der Waals surface area contributed by atoms with Crippen molar-refractivity contribution in [2.75, 3.05) is 6.61 Å². The van der Waals surface area contributed by atoms with Gasteiger partial charge in [0.2, 0.25) is 0 Å². The Balaban J connectivity index is 1.73. The number of benzene rings is 2. The average molecular weight is 381 g/mol. The number of ether oxygens (including phenoxy) is 1. The molecule has 3 rings (SSSR count). The van der Waals surface area contributed by atoms with E-state index >= 15 is 0 Å². The van der Waals surface area contributed by atoms with E-state index in [1.54, 1.807) is 30.3 Å². The number of nitrogens with zero attached hydrogens (tertiary/aromatic N) is 1. The van der Waals surface area contributed by atoms with Crippen LogP contribution in [0.15, 0.2) is 52.4 Å². The minimum atomic E-state index is -1.28. The van der Waals surface area contributed by atoms with Crippen molar-refractivity contribution in [1.29, 1.82) is 0 Å². The molecule has 0 spiro atoms. The topological polar surface area (TPSA) is 90.8 Å². The Morgan fingerprint density at radius 3 is 2.63 bits per heavy atom. The standard InChI is InChI=1S/C20H18N2O4S/c1-12-3-8-16(13(2)9-12)21-20-22-19(25)17(27-20)10-14-4-6-15(7-5-14)26-11-18(23)24/h3-10H,11H2,1-2H3,(H,23,24)(H,21,22,25)/p-1/b17-10+. The van der Waals surface area contributed by atoms with Crippen LogP contribution in [0, 0.1) is 13.8 Å². The predicted molar refractivity (Wildman–Crippen MR) is 104 cm³/mol. The van der Waals surface area contributed by atoms with Crippen molar-refractivity contribution in [1.82, 2.24) is 5.32 Å². The molecule has 1 heterocycles. The van der Waals surface area contributed by atoms with Gasteiger partial charge in [0, 0.05) is 0 Å². The number of hydrogen-bond acceptors (Lipinski definition) is 6. The van der Waals surface area contributed by atoms with Gasteiger partial charge in [0.15, 0.2) is 5.17 Å². The van der Waals surface area contributed by atoms with Gasteiger partial charge in [0.1, 0.15) is 12.4 Å². The second-order valence-electron chi connectivity index (χ2n) is 6.00. The number of amidine groups is 1. The maximum atomic E-state index is 12.2. The second kappa shape index (κ2) is 8.09. The van der Waals surface area contributed by atoms with E-state index in [4.69, 9.17) is 4.74 Å². The van der Waals surface area contributed by atoms with Crippen LogP contribution in [0.4, 0.5) is 5.69 Å². The summed E-state index contributed by atoms with van der Waals surface area (Å²) in [6.45, 7) is 3.50. The molecule has 0 unspecified atom stereocenters. The molecular formula is C20H17N2O4S-. The number of rotatable bonds is 5. The number of carboxylic acids is 1. The number of aliphatic imine (C=N–C) groups is 1. The van der Waals surface area contributed by atoms with Gasteiger partial charge in [-0.25, -0.2) is 4.99 Å². The fourth-order valence-electron chi connectivity index (χ4n) is 2.47. The quantitative estimate of drug-likeness (QED) is 0.803. The average Bonchev–Trinajstić information content (AvgIpc) is 2.96. The number of carboxylic acid groups (broad SMARTS) is 1. The lowest BCUT2D eigenvalue weighted by atomic mass is 10.1. The highest BCUT2D eigenvalue weighted by atomic mass is 32.2. The molecule has 1 fully saturated rings. The third kappa shape index (κ3) is 4.98. The number of amides is 1. The number of thioether (sulfide) groups is 1. The van der Waals surface area contributed by atoms with Crippen LogP contribution < -0.4 is 15.2 Å². The zero-order valence-electron chi connectivity index (χ0n) is 14.8. The smallest absolute Gasteiger partial charge is 0.264 e. The fourth-order valence-corrected chi connectivity index (χ4v) is 3.31. The first-order valence-electron chi connectivity index (χ1n) is 8.20. The van der Waals surface area contributed by atoms with Crippen molar-refractivity contribution < 1.29 is 19.4 Å². The molecule has 1 aliphatic heterocycles. The van der Waals surface area contributed by atoms with Crippen molar-refractivity contribution in [3.05, 3.63) is 64.1 Å². The van der Waals surface area contributed by atoms with Gasteiger partial charge >= 0.3 is 0 Å². The highest BCUT2D eigenvalue weighted by Crippen LogP contribution is 2.29. The maximum Gasteiger partial charge on any atom is 0.264 e. The molecule has 6 nitrogen and oxygen atoms in total. The Morgan fingerprint density at radius 2 is 1.96 bits per heavy atom. The lowest BCUT2D eigenvalue weighted by molar-refractivity contribution is -0.307. The van der Waals surface area contributed by atoms with Gasteiger partial charge in [-0.1, -0.05) is 29.8 Å². The molecule has 138 valence electrons. The third-order valence-corrected chi connectivity index (χ3v) is 4.67. The van der Waals surface area contributed by atoms with Crippen LogP contribution in [-0.2, 0) is 9.59 Å². The number of aryl methyl sites for hydroxylation is 2. The molecule has 0 atom stereocenters. The first-order chi connectivity index (χ1) is 12.9. The summed E-state index contributed by atoms with van der Waals surface area (Å²) in [7, 11) is 0. The minimum absolute atomic E-state index is 0.208. The summed E-state index contributed by atoms with van der Waals surface area (Å²) in [5, 5.41) is 13.7. The fraction of sp³-hybridized carbons (Fsp3) is 0.150. The van der Waals surface area contributed by atoms with Crippen LogP contribution in [-0.4, -0.2) is 23.7 Å². The summed E-state index contributed by atoms with van der Waals surface area (Å²) in [4.78, 5) is 27.6. The number of nitrogens with one attached hydrogen (secondary N) is 1. The SMILES string of the molecule is Cc1ccc(N=C2NC(=O)/C(=C\c3ccc(OCC(=O)[O-])cc3)S2)c(C)c1. The Labute approximate surface area is 161 Å². The zero-order valence-corrected chi connectivity index (χ0v) is 15.6. The Morgan fingerprint density at radius 1 is 1.22 bits per heavy atom. The summed E-state index contributed by atoms with van der Waals surface area (Å²) in [5.41, 5.74) is 3.81. The van der Waals surface area contributed by atoms with Crippen LogP contribution in [0.5, 0.6) is 5.75 Å². The monoisotopic (exact) mass is 381 g/mol. The Hall–Kier alpha value is -3.06. The molecule has 1 N–H and O–H groups in total. The Kier molecular flexibility index (Phi) is 5.61. The second-order valence-corrected chi connectivity index (χ2v) is 7.03. The highest BCUT2D eigenvalue weighted by Gasteiger charge is 2.23. The summed E-state index contributed by atoms with van der Waals surface area (Å²) >= 11 is 1.27. The van der Waals surface area contributed by atoms with Gasteiger partial charge in [-0.3, -0.25) is 4.79 Å². The molecule has 1 amide bonds. The van der Waals surface area contributed by atoms with E-state index in [1.807, 2.05) is 32.0 Å². The lowest BCUT2D eigenvalue weighted by Crippen LogP contribution is -2.28. The molecule has 0 aromatic heterocycles. The van der Waals surface area contributed by atoms with E-state index in [9.17, 15) is 14.7 Å². The van der Waals surface area contributed by atoms with Gasteiger partial charge < -0.3 is 20.0 Å².